The van der Waals surface area contributed by atoms with Crippen LogP contribution in [-0.4, -0.2) is 31.4 Å². The van der Waals surface area contributed by atoms with Crippen LogP contribution in [0, 0.1) is 0 Å². The maximum atomic E-state index is 12.8. The van der Waals surface area contributed by atoms with E-state index in [1.807, 2.05) is 0 Å². The number of nitrogens with two attached hydrogens (primary N) is 1. The number of halogens is 1. The van der Waals surface area contributed by atoms with Gasteiger partial charge in [0.1, 0.15) is 0 Å². The lowest BCUT2D eigenvalue weighted by atomic mass is 9.80. The van der Waals surface area contributed by atoms with Crippen LogP contribution in [0.3, 0.4) is 0 Å². The highest BCUT2D eigenvalue weighted by molar-refractivity contribution is 6.31. The minimum atomic E-state index is -0.786. The number of esters is 2. The van der Waals surface area contributed by atoms with Crippen molar-refractivity contribution in [3.05, 3.63) is 57.4 Å². The van der Waals surface area contributed by atoms with E-state index in [4.69, 9.17) is 26.9 Å². The third kappa shape index (κ3) is 4.31. The fourth-order valence-electron chi connectivity index (χ4n) is 2.97. The number of carbonyl (C=O) groups is 2. The van der Waals surface area contributed by atoms with E-state index >= 15 is 0 Å². The van der Waals surface area contributed by atoms with Gasteiger partial charge in [-0.15, -0.1) is 0 Å². The second-order valence-corrected chi connectivity index (χ2v) is 6.07. The second-order valence-electron chi connectivity index (χ2n) is 5.66. The number of nitrogens with one attached hydrogen (secondary N) is 1. The molecule has 0 saturated carbocycles. The van der Waals surface area contributed by atoms with E-state index in [-0.39, 0.29) is 24.4 Å². The van der Waals surface area contributed by atoms with Gasteiger partial charge in [0, 0.05) is 10.7 Å². The molecule has 2 rings (SSSR count). The summed E-state index contributed by atoms with van der Waals surface area (Å²) in [5.41, 5.74) is 1.90. The summed E-state index contributed by atoms with van der Waals surface area (Å²) >= 11 is 6.40. The van der Waals surface area contributed by atoms with Gasteiger partial charge in [0.2, 0.25) is 0 Å². The topological polar surface area (TPSA) is 103 Å². The summed E-state index contributed by atoms with van der Waals surface area (Å²) in [6.07, 6.45) is 1.31. The van der Waals surface area contributed by atoms with Crippen molar-refractivity contribution in [2.45, 2.75) is 26.7 Å². The molecule has 1 aromatic carbocycles. The minimum Gasteiger partial charge on any atom is -0.463 e. The van der Waals surface area contributed by atoms with E-state index < -0.39 is 17.9 Å². The maximum absolute atomic E-state index is 12.8. The average Bonchev–Trinajstić information content (AvgIpc) is 2.62. The van der Waals surface area contributed by atoms with Gasteiger partial charge in [-0.3, -0.25) is 0 Å². The van der Waals surface area contributed by atoms with Crippen LogP contribution >= 0.6 is 11.6 Å². The Morgan fingerprint density at radius 3 is 2.33 bits per heavy atom. The SMILES string of the molecule is CCOC(=O)C1=C(C)NC(/C=N\N)=C(C(=O)OCC)C1c1ccccc1Cl. The molecular formula is C19H22ClN3O4. The van der Waals surface area contributed by atoms with Crippen molar-refractivity contribution in [3.8, 4) is 0 Å². The number of rotatable bonds is 6. The summed E-state index contributed by atoms with van der Waals surface area (Å²) in [6, 6.07) is 6.99. The highest BCUT2D eigenvalue weighted by Gasteiger charge is 2.39. The number of hydrazone groups is 1. The molecule has 144 valence electrons. The lowest BCUT2D eigenvalue weighted by Gasteiger charge is -2.30. The number of ether oxygens (including phenoxy) is 2. The van der Waals surface area contributed by atoms with Gasteiger partial charge < -0.3 is 20.6 Å². The normalized spacial score (nSPS) is 17.1. The maximum Gasteiger partial charge on any atom is 0.337 e. The van der Waals surface area contributed by atoms with Crippen LogP contribution in [-0.2, 0) is 19.1 Å². The first kappa shape index (κ1) is 20.5. The van der Waals surface area contributed by atoms with Crippen LogP contribution in [0.5, 0.6) is 0 Å². The molecular weight excluding hydrogens is 370 g/mol. The molecule has 27 heavy (non-hydrogen) atoms. The van der Waals surface area contributed by atoms with Gasteiger partial charge in [-0.25, -0.2) is 9.59 Å². The average molecular weight is 392 g/mol. The first-order valence-corrected chi connectivity index (χ1v) is 8.87. The first-order valence-electron chi connectivity index (χ1n) is 8.50. The molecule has 0 spiro atoms. The zero-order valence-electron chi connectivity index (χ0n) is 15.4. The van der Waals surface area contributed by atoms with Gasteiger partial charge in [-0.1, -0.05) is 29.8 Å². The van der Waals surface area contributed by atoms with Crippen LogP contribution < -0.4 is 11.2 Å². The van der Waals surface area contributed by atoms with E-state index in [0.29, 0.717) is 22.0 Å². The second kappa shape index (κ2) is 9.23. The molecule has 0 amide bonds. The molecule has 1 atom stereocenters. The summed E-state index contributed by atoms with van der Waals surface area (Å²) < 4.78 is 10.4. The summed E-state index contributed by atoms with van der Waals surface area (Å²) in [5.74, 6) is 3.38. The molecule has 1 aliphatic heterocycles. The zero-order chi connectivity index (χ0) is 20.0. The van der Waals surface area contributed by atoms with Crippen LogP contribution in [0.4, 0.5) is 0 Å². The highest BCUT2D eigenvalue weighted by Crippen LogP contribution is 2.41. The van der Waals surface area contributed by atoms with Gasteiger partial charge in [-0.05, 0) is 32.4 Å². The van der Waals surface area contributed by atoms with Gasteiger partial charge in [0.25, 0.3) is 0 Å². The van der Waals surface area contributed by atoms with Crippen molar-refractivity contribution in [2.75, 3.05) is 13.2 Å². The fraction of sp³-hybridized carbons (Fsp3) is 0.316. The molecule has 8 heteroatoms. The number of dihydropyridines is 1. The van der Waals surface area contributed by atoms with Crippen molar-refractivity contribution in [1.29, 1.82) is 0 Å². The van der Waals surface area contributed by atoms with Gasteiger partial charge >= 0.3 is 11.9 Å². The van der Waals surface area contributed by atoms with Crippen LogP contribution in [0.15, 0.2) is 51.9 Å². The Morgan fingerprint density at radius 1 is 1.19 bits per heavy atom. The lowest BCUT2D eigenvalue weighted by molar-refractivity contribution is -0.139. The van der Waals surface area contributed by atoms with E-state index in [1.165, 1.54) is 6.21 Å². The Hall–Kier alpha value is -2.80. The number of nitrogens with zero attached hydrogens (tertiary/aromatic N) is 1. The summed E-state index contributed by atoms with van der Waals surface area (Å²) in [6.45, 7) is 5.48. The molecule has 1 aliphatic rings. The van der Waals surface area contributed by atoms with Gasteiger partial charge in [0.05, 0.1) is 42.2 Å². The van der Waals surface area contributed by atoms with Crippen LogP contribution in [0.25, 0.3) is 0 Å². The van der Waals surface area contributed by atoms with Crippen molar-refractivity contribution >= 4 is 29.8 Å². The van der Waals surface area contributed by atoms with Crippen LogP contribution in [0.1, 0.15) is 32.3 Å². The standard InChI is InChI=1S/C19H22ClN3O4/c1-4-26-18(24)15-11(3)23-14(10-22-21)17(19(25)27-5-2)16(15)12-8-6-7-9-13(12)20/h6-10,16,23H,4-5,21H2,1-3H3/b22-10-. The summed E-state index contributed by atoms with van der Waals surface area (Å²) in [5, 5.41) is 6.93. The fourth-order valence-corrected chi connectivity index (χ4v) is 3.21. The van der Waals surface area contributed by atoms with Crippen LogP contribution in [0.2, 0.25) is 5.02 Å². The smallest absolute Gasteiger partial charge is 0.337 e. The quantitative estimate of drug-likeness (QED) is 0.334. The largest absolute Gasteiger partial charge is 0.463 e. The Labute approximate surface area is 162 Å². The molecule has 0 bridgehead atoms. The molecule has 0 saturated heterocycles. The molecule has 0 radical (unpaired) electrons. The Bertz CT molecular complexity index is 830. The molecule has 1 aromatic rings. The molecule has 0 aromatic heterocycles. The van der Waals surface area contributed by atoms with Crippen molar-refractivity contribution in [2.24, 2.45) is 10.9 Å². The lowest BCUT2D eigenvalue weighted by Crippen LogP contribution is -2.34. The number of carbonyl (C=O) groups excluding carboxylic acids is 2. The highest BCUT2D eigenvalue weighted by atomic mass is 35.5. The molecule has 7 nitrogen and oxygen atoms in total. The summed E-state index contributed by atoms with van der Waals surface area (Å²) in [7, 11) is 0. The van der Waals surface area contributed by atoms with Gasteiger partial charge in [0.15, 0.2) is 0 Å². The van der Waals surface area contributed by atoms with Crippen molar-refractivity contribution < 1.29 is 19.1 Å². The molecule has 1 heterocycles. The van der Waals surface area contributed by atoms with E-state index in [9.17, 15) is 9.59 Å². The Kier molecular flexibility index (Phi) is 7.01. The molecule has 0 aliphatic carbocycles. The molecule has 1 unspecified atom stereocenters. The van der Waals surface area contributed by atoms with Gasteiger partial charge in [-0.2, -0.15) is 5.10 Å². The monoisotopic (exact) mass is 391 g/mol. The number of hydrogen-bond acceptors (Lipinski definition) is 7. The van der Waals surface area contributed by atoms with Crippen molar-refractivity contribution in [3.63, 3.8) is 0 Å². The first-order chi connectivity index (χ1) is 13.0. The van der Waals surface area contributed by atoms with E-state index in [2.05, 4.69) is 10.4 Å². The predicted molar refractivity (Wildman–Crippen MR) is 103 cm³/mol. The zero-order valence-corrected chi connectivity index (χ0v) is 16.2. The Morgan fingerprint density at radius 2 is 1.78 bits per heavy atom. The third-order valence-corrected chi connectivity index (χ3v) is 4.35. The molecule has 0 fully saturated rings. The van der Waals surface area contributed by atoms with E-state index in [1.54, 1.807) is 45.0 Å². The molecule has 3 N–H and O–H groups in total. The third-order valence-electron chi connectivity index (χ3n) is 4.00. The minimum absolute atomic E-state index is 0.169. The number of benzene rings is 1. The predicted octanol–water partition coefficient (Wildman–Crippen LogP) is 2.63. The number of hydrogen-bond donors (Lipinski definition) is 2. The number of allylic oxidation sites excluding steroid dienone is 2. The Balaban J connectivity index is 2.76. The van der Waals surface area contributed by atoms with Crippen molar-refractivity contribution in [1.82, 2.24) is 5.32 Å². The van der Waals surface area contributed by atoms with E-state index in [0.717, 1.165) is 0 Å². The summed E-state index contributed by atoms with van der Waals surface area (Å²) in [4.78, 5) is 25.5.